The second-order valence-corrected chi connectivity index (χ2v) is 5.38. The summed E-state index contributed by atoms with van der Waals surface area (Å²) in [7, 11) is 0. The maximum absolute atomic E-state index is 11.0. The molecule has 0 heterocycles. The zero-order valence-electron chi connectivity index (χ0n) is 10.8. The maximum Gasteiger partial charge on any atom is 0.247 e. The van der Waals surface area contributed by atoms with Gasteiger partial charge in [-0.05, 0) is 36.4 Å². The van der Waals surface area contributed by atoms with E-state index < -0.39 is 5.91 Å². The number of benzene rings is 2. The van der Waals surface area contributed by atoms with E-state index in [1.807, 2.05) is 0 Å². The van der Waals surface area contributed by atoms with Crippen molar-refractivity contribution in [3.8, 4) is 11.5 Å². The Bertz CT molecular complexity index is 651. The number of hydroxylamine groups is 1. The number of carbonyl (C=O) groups is 1. The van der Waals surface area contributed by atoms with Crippen LogP contribution in [0.4, 0.5) is 5.69 Å². The van der Waals surface area contributed by atoms with Crippen LogP contribution in [0.2, 0.25) is 15.1 Å². The molecule has 2 aromatic rings. The summed E-state index contributed by atoms with van der Waals surface area (Å²) in [6, 6.07) is 9.22. The lowest BCUT2D eigenvalue weighted by atomic mass is 10.3. The van der Waals surface area contributed by atoms with Crippen LogP contribution in [0.15, 0.2) is 36.4 Å². The molecule has 0 spiro atoms. The lowest BCUT2D eigenvalue weighted by Crippen LogP contribution is -2.23. The highest BCUT2D eigenvalue weighted by molar-refractivity contribution is 6.40. The number of ether oxygens (including phenoxy) is 1. The highest BCUT2D eigenvalue weighted by atomic mass is 35.5. The number of hydrogen-bond acceptors (Lipinski definition) is 3. The Balaban J connectivity index is 2.23. The van der Waals surface area contributed by atoms with Crippen LogP contribution >= 0.6 is 34.8 Å². The Morgan fingerprint density at radius 2 is 1.62 bits per heavy atom. The molecule has 4 nitrogen and oxygen atoms in total. The number of nitrogens with zero attached hydrogens (tertiary/aromatic N) is 1. The molecule has 0 bridgehead atoms. The number of anilines is 1. The number of amides is 1. The van der Waals surface area contributed by atoms with Crippen LogP contribution < -0.4 is 9.80 Å². The summed E-state index contributed by atoms with van der Waals surface area (Å²) in [4.78, 5) is 11.0. The third kappa shape index (κ3) is 3.80. The first-order chi connectivity index (χ1) is 9.88. The van der Waals surface area contributed by atoms with Crippen LogP contribution in [-0.2, 0) is 4.79 Å². The molecular formula is C14H10Cl3NO3. The van der Waals surface area contributed by atoms with Crippen molar-refractivity contribution >= 4 is 46.4 Å². The highest BCUT2D eigenvalue weighted by Crippen LogP contribution is 2.38. The van der Waals surface area contributed by atoms with Crippen LogP contribution in [0.25, 0.3) is 0 Å². The van der Waals surface area contributed by atoms with Crippen molar-refractivity contribution in [2.45, 2.75) is 6.92 Å². The van der Waals surface area contributed by atoms with E-state index in [4.69, 9.17) is 39.5 Å². The molecule has 0 aliphatic rings. The lowest BCUT2D eigenvalue weighted by Gasteiger charge is -2.14. The van der Waals surface area contributed by atoms with Gasteiger partial charge in [0, 0.05) is 11.9 Å². The summed E-state index contributed by atoms with van der Waals surface area (Å²) in [6.45, 7) is 1.25. The number of halogens is 3. The number of carbonyl (C=O) groups excluding carboxylic acids is 1. The molecule has 0 aliphatic carbocycles. The summed E-state index contributed by atoms with van der Waals surface area (Å²) in [5.41, 5.74) is 0.322. The molecule has 0 aliphatic heterocycles. The smallest absolute Gasteiger partial charge is 0.247 e. The van der Waals surface area contributed by atoms with Gasteiger partial charge in [-0.1, -0.05) is 34.8 Å². The van der Waals surface area contributed by atoms with Crippen molar-refractivity contribution in [2.24, 2.45) is 0 Å². The fourth-order valence-electron chi connectivity index (χ4n) is 1.58. The topological polar surface area (TPSA) is 49.8 Å². The van der Waals surface area contributed by atoms with E-state index in [0.717, 1.165) is 0 Å². The fraction of sp³-hybridized carbons (Fsp3) is 0.0714. The van der Waals surface area contributed by atoms with Crippen molar-refractivity contribution in [3.63, 3.8) is 0 Å². The van der Waals surface area contributed by atoms with Crippen LogP contribution in [0, 0.1) is 0 Å². The standard InChI is InChI=1S/C14H10Cl3NO3/c1-8(19)18(20)10-2-4-11(5-3-10)21-14-12(16)6-9(15)7-13(14)17/h2-7,20H,1H3. The highest BCUT2D eigenvalue weighted by Gasteiger charge is 2.12. The van der Waals surface area contributed by atoms with E-state index in [2.05, 4.69) is 0 Å². The second-order valence-electron chi connectivity index (χ2n) is 4.13. The van der Waals surface area contributed by atoms with Crippen molar-refractivity contribution in [1.82, 2.24) is 0 Å². The summed E-state index contributed by atoms with van der Waals surface area (Å²) >= 11 is 17.9. The summed E-state index contributed by atoms with van der Waals surface area (Å²) in [5, 5.41) is 11.0. The van der Waals surface area contributed by atoms with E-state index in [-0.39, 0.29) is 15.8 Å². The van der Waals surface area contributed by atoms with Gasteiger partial charge in [0.25, 0.3) is 0 Å². The van der Waals surface area contributed by atoms with Crippen molar-refractivity contribution in [3.05, 3.63) is 51.5 Å². The van der Waals surface area contributed by atoms with E-state index in [1.165, 1.54) is 31.2 Å². The lowest BCUT2D eigenvalue weighted by molar-refractivity contribution is -0.121. The van der Waals surface area contributed by atoms with Gasteiger partial charge in [-0.3, -0.25) is 10.0 Å². The van der Waals surface area contributed by atoms with E-state index in [0.29, 0.717) is 21.5 Å². The Kier molecular flexibility index (Phi) is 4.96. The maximum atomic E-state index is 11.0. The Hall–Kier alpha value is -1.46. The molecule has 2 rings (SSSR count). The molecular weight excluding hydrogens is 337 g/mol. The van der Waals surface area contributed by atoms with Crippen molar-refractivity contribution in [1.29, 1.82) is 0 Å². The minimum absolute atomic E-state index is 0.280. The largest absolute Gasteiger partial charge is 0.454 e. The normalized spacial score (nSPS) is 10.3. The summed E-state index contributed by atoms with van der Waals surface area (Å²) in [6.07, 6.45) is 0. The molecule has 7 heteroatoms. The van der Waals surface area contributed by atoms with Crippen molar-refractivity contribution < 1.29 is 14.7 Å². The van der Waals surface area contributed by atoms with Gasteiger partial charge in [-0.2, -0.15) is 5.06 Å². The molecule has 0 saturated carbocycles. The average molecular weight is 347 g/mol. The van der Waals surface area contributed by atoms with E-state index in [1.54, 1.807) is 12.1 Å². The zero-order valence-corrected chi connectivity index (χ0v) is 13.1. The predicted octanol–water partition coefficient (Wildman–Crippen LogP) is 5.18. The quantitative estimate of drug-likeness (QED) is 0.615. The second kappa shape index (κ2) is 6.54. The minimum Gasteiger partial charge on any atom is -0.454 e. The Morgan fingerprint density at radius 3 is 2.10 bits per heavy atom. The SMILES string of the molecule is CC(=O)N(O)c1ccc(Oc2c(Cl)cc(Cl)cc2Cl)cc1. The van der Waals surface area contributed by atoms with Crippen molar-refractivity contribution in [2.75, 3.05) is 5.06 Å². The average Bonchev–Trinajstić information content (AvgIpc) is 2.42. The number of rotatable bonds is 3. The minimum atomic E-state index is -0.493. The molecule has 0 atom stereocenters. The Morgan fingerprint density at radius 1 is 1.10 bits per heavy atom. The van der Waals surface area contributed by atoms with Crippen LogP contribution in [0.1, 0.15) is 6.92 Å². The first kappa shape index (κ1) is 15.9. The molecule has 110 valence electrons. The number of hydrogen-bond donors (Lipinski definition) is 1. The fourth-order valence-corrected chi connectivity index (χ4v) is 2.48. The molecule has 21 heavy (non-hydrogen) atoms. The zero-order chi connectivity index (χ0) is 15.6. The third-order valence-electron chi connectivity index (χ3n) is 2.56. The third-order valence-corrected chi connectivity index (χ3v) is 3.34. The molecule has 0 fully saturated rings. The summed E-state index contributed by atoms with van der Waals surface area (Å²) < 4.78 is 5.58. The van der Waals surface area contributed by atoms with Gasteiger partial charge in [0.05, 0.1) is 15.7 Å². The molecule has 2 aromatic carbocycles. The van der Waals surface area contributed by atoms with Gasteiger partial charge < -0.3 is 4.74 Å². The molecule has 0 aromatic heterocycles. The first-order valence-electron chi connectivity index (χ1n) is 5.80. The monoisotopic (exact) mass is 345 g/mol. The molecule has 1 amide bonds. The van der Waals surface area contributed by atoms with Gasteiger partial charge in [-0.25, -0.2) is 0 Å². The predicted molar refractivity (Wildman–Crippen MR) is 82.9 cm³/mol. The molecule has 1 N–H and O–H groups in total. The van der Waals surface area contributed by atoms with Gasteiger partial charge in [0.15, 0.2) is 5.75 Å². The van der Waals surface area contributed by atoms with Gasteiger partial charge >= 0.3 is 0 Å². The van der Waals surface area contributed by atoms with Gasteiger partial charge in [0.2, 0.25) is 5.91 Å². The molecule has 0 unspecified atom stereocenters. The van der Waals surface area contributed by atoms with Crippen LogP contribution in [0.5, 0.6) is 11.5 Å². The van der Waals surface area contributed by atoms with Crippen LogP contribution in [-0.4, -0.2) is 11.1 Å². The van der Waals surface area contributed by atoms with Gasteiger partial charge in [-0.15, -0.1) is 0 Å². The van der Waals surface area contributed by atoms with Gasteiger partial charge in [0.1, 0.15) is 5.75 Å². The first-order valence-corrected chi connectivity index (χ1v) is 6.94. The van der Waals surface area contributed by atoms with Crippen LogP contribution in [0.3, 0.4) is 0 Å². The molecule has 0 radical (unpaired) electrons. The summed E-state index contributed by atoms with van der Waals surface area (Å²) in [5.74, 6) is 0.234. The molecule has 0 saturated heterocycles. The van der Waals surface area contributed by atoms with E-state index >= 15 is 0 Å². The van der Waals surface area contributed by atoms with E-state index in [9.17, 15) is 10.0 Å². The Labute approximate surface area is 136 Å².